The molecule has 0 unspecified atom stereocenters. The van der Waals surface area contributed by atoms with Gasteiger partial charge in [-0.25, -0.2) is 13.8 Å². The number of aryl methyl sites for hydroxylation is 1. The fourth-order valence-electron chi connectivity index (χ4n) is 4.37. The Labute approximate surface area is 192 Å². The van der Waals surface area contributed by atoms with Gasteiger partial charge >= 0.3 is 6.01 Å². The molecule has 3 N–H and O–H groups in total. The quantitative estimate of drug-likeness (QED) is 0.450. The van der Waals surface area contributed by atoms with Gasteiger partial charge in [-0.2, -0.15) is 0 Å². The third-order valence-corrected chi connectivity index (χ3v) is 6.19. The van der Waals surface area contributed by atoms with E-state index in [0.717, 1.165) is 34.3 Å². The molecule has 0 saturated heterocycles. The molecule has 178 valence electrons. The molecule has 9 heteroatoms. The van der Waals surface area contributed by atoms with Gasteiger partial charge in [-0.3, -0.25) is 0 Å². The van der Waals surface area contributed by atoms with Gasteiger partial charge in [0.25, 0.3) is 12.3 Å². The number of nitrogens with one attached hydrogen (secondary N) is 2. The fourth-order valence-corrected chi connectivity index (χ4v) is 4.37. The maximum atomic E-state index is 12.8. The second kappa shape index (κ2) is 8.52. The van der Waals surface area contributed by atoms with Gasteiger partial charge < -0.3 is 20.2 Å². The molecule has 0 aliphatic heterocycles. The normalized spacial score (nSPS) is 20.8. The van der Waals surface area contributed by atoms with Crippen LogP contribution in [0.1, 0.15) is 51.7 Å². The van der Waals surface area contributed by atoms with Gasteiger partial charge in [0.2, 0.25) is 0 Å². The molecule has 7 nitrogen and oxygen atoms in total. The molecule has 2 heterocycles. The summed E-state index contributed by atoms with van der Waals surface area (Å²) in [5.41, 5.74) is 2.73. The highest BCUT2D eigenvalue weighted by Crippen LogP contribution is 2.42. The van der Waals surface area contributed by atoms with Crippen LogP contribution in [0, 0.1) is 12.8 Å². The molecule has 1 aliphatic carbocycles. The largest absolute Gasteiger partial charge is 0.402 e. The first-order chi connectivity index (χ1) is 15.5. The van der Waals surface area contributed by atoms with Crippen molar-refractivity contribution in [2.45, 2.75) is 64.9 Å². The van der Waals surface area contributed by atoms with Crippen LogP contribution in [0.25, 0.3) is 22.5 Å². The molecule has 0 atom stereocenters. The van der Waals surface area contributed by atoms with Crippen molar-refractivity contribution in [2.24, 2.45) is 5.92 Å². The highest BCUT2D eigenvalue weighted by Gasteiger charge is 2.49. The van der Waals surface area contributed by atoms with E-state index in [1.165, 1.54) is 0 Å². The number of rotatable bonds is 7. The summed E-state index contributed by atoms with van der Waals surface area (Å²) in [6.07, 6.45) is -2.62. The van der Waals surface area contributed by atoms with Crippen LogP contribution in [-0.4, -0.2) is 45.4 Å². The van der Waals surface area contributed by atoms with Crippen LogP contribution < -0.4 is 10.6 Å². The summed E-state index contributed by atoms with van der Waals surface area (Å²) in [6, 6.07) is 6.38. The third-order valence-electron chi connectivity index (χ3n) is 6.19. The zero-order valence-electron chi connectivity index (χ0n) is 19.7. The average molecular weight is 460 g/mol. The Balaban J connectivity index is 1.58. The summed E-state index contributed by atoms with van der Waals surface area (Å²) in [7, 11) is 0. The minimum absolute atomic E-state index is 0.0501. The van der Waals surface area contributed by atoms with Crippen molar-refractivity contribution in [3.8, 4) is 11.6 Å². The number of pyridine rings is 1. The lowest BCUT2D eigenvalue weighted by Gasteiger charge is -2.42. The number of hydrogen-bond donors (Lipinski definition) is 3. The molecular formula is C24H31F2N5O2. The van der Waals surface area contributed by atoms with Crippen LogP contribution in [-0.2, 0) is 5.41 Å². The number of hydrogen-bond acceptors (Lipinski definition) is 7. The number of fused-ring (bicyclic) bond motifs is 1. The summed E-state index contributed by atoms with van der Waals surface area (Å²) in [5, 5.41) is 25.3. The maximum Gasteiger partial charge on any atom is 0.315 e. The van der Waals surface area contributed by atoms with Gasteiger partial charge in [-0.15, -0.1) is 5.10 Å². The summed E-state index contributed by atoms with van der Waals surface area (Å²) < 4.78 is 31.3. The second-order valence-corrected chi connectivity index (χ2v) is 10.00. The van der Waals surface area contributed by atoms with Crippen LogP contribution in [0.5, 0.6) is 0 Å². The monoisotopic (exact) mass is 459 g/mol. The maximum absolute atomic E-state index is 12.8. The Kier molecular flexibility index (Phi) is 6.03. The molecule has 1 fully saturated rings. The number of anilines is 2. The highest BCUT2D eigenvalue weighted by molar-refractivity contribution is 5.90. The number of alkyl halides is 2. The van der Waals surface area contributed by atoms with E-state index >= 15 is 0 Å². The van der Waals surface area contributed by atoms with Gasteiger partial charge in [0, 0.05) is 24.2 Å². The van der Waals surface area contributed by atoms with Gasteiger partial charge in [0.05, 0.1) is 5.52 Å². The Morgan fingerprint density at radius 3 is 2.55 bits per heavy atom. The van der Waals surface area contributed by atoms with E-state index in [2.05, 4.69) is 60.7 Å². The lowest BCUT2D eigenvalue weighted by Crippen LogP contribution is -2.51. The van der Waals surface area contributed by atoms with E-state index in [1.54, 1.807) is 0 Å². The molecule has 3 aromatic rings. The molecule has 1 aliphatic rings. The first kappa shape index (κ1) is 23.4. The van der Waals surface area contributed by atoms with E-state index in [1.807, 2.05) is 13.0 Å². The van der Waals surface area contributed by atoms with Gasteiger partial charge in [0.15, 0.2) is 0 Å². The summed E-state index contributed by atoms with van der Waals surface area (Å²) in [6.45, 7) is 11.8. The molecule has 0 amide bonds. The van der Waals surface area contributed by atoms with E-state index < -0.39 is 12.0 Å². The SMILES string of the molecule is CCNc1cc(C(C)(C)C)c2nc(-c3nnc(NCC4CC(O)(C(F)F)C4)o3)cc(C)c2c1. The molecule has 1 saturated carbocycles. The van der Waals surface area contributed by atoms with Gasteiger partial charge in [-0.05, 0) is 67.3 Å². The Morgan fingerprint density at radius 2 is 1.91 bits per heavy atom. The first-order valence-corrected chi connectivity index (χ1v) is 11.3. The zero-order valence-corrected chi connectivity index (χ0v) is 19.7. The second-order valence-electron chi connectivity index (χ2n) is 10.00. The molecular weight excluding hydrogens is 428 g/mol. The predicted molar refractivity (Wildman–Crippen MR) is 125 cm³/mol. The van der Waals surface area contributed by atoms with Crippen molar-refractivity contribution >= 4 is 22.6 Å². The summed E-state index contributed by atoms with van der Waals surface area (Å²) >= 11 is 0. The molecule has 0 radical (unpaired) electrons. The van der Waals surface area contributed by atoms with Crippen molar-refractivity contribution in [1.29, 1.82) is 0 Å². The minimum Gasteiger partial charge on any atom is -0.402 e. The van der Waals surface area contributed by atoms with Crippen molar-refractivity contribution in [1.82, 2.24) is 15.2 Å². The van der Waals surface area contributed by atoms with Crippen LogP contribution in [0.3, 0.4) is 0 Å². The molecule has 4 rings (SSSR count). The van der Waals surface area contributed by atoms with Gasteiger partial charge in [0.1, 0.15) is 11.3 Å². The van der Waals surface area contributed by atoms with Crippen LogP contribution in [0.4, 0.5) is 20.5 Å². The topological polar surface area (TPSA) is 96.1 Å². The van der Waals surface area contributed by atoms with E-state index in [-0.39, 0.29) is 36.1 Å². The summed E-state index contributed by atoms with van der Waals surface area (Å²) in [5.74, 6) is 0.219. The van der Waals surface area contributed by atoms with Crippen LogP contribution >= 0.6 is 0 Å². The fraction of sp³-hybridized carbons (Fsp3) is 0.542. The van der Waals surface area contributed by atoms with Gasteiger partial charge in [-0.1, -0.05) is 25.9 Å². The van der Waals surface area contributed by atoms with E-state index in [9.17, 15) is 13.9 Å². The van der Waals surface area contributed by atoms with Crippen molar-refractivity contribution in [2.75, 3.05) is 23.7 Å². The molecule has 33 heavy (non-hydrogen) atoms. The number of nitrogens with zero attached hydrogens (tertiary/aromatic N) is 3. The van der Waals surface area contributed by atoms with Crippen molar-refractivity contribution in [3.05, 3.63) is 29.3 Å². The Bertz CT molecular complexity index is 1150. The van der Waals surface area contributed by atoms with Crippen molar-refractivity contribution in [3.63, 3.8) is 0 Å². The summed E-state index contributed by atoms with van der Waals surface area (Å²) in [4.78, 5) is 4.88. The number of benzene rings is 1. The highest BCUT2D eigenvalue weighted by atomic mass is 19.3. The number of aromatic nitrogens is 3. The van der Waals surface area contributed by atoms with E-state index in [4.69, 9.17) is 9.40 Å². The Hall–Kier alpha value is -2.81. The Morgan fingerprint density at radius 1 is 1.18 bits per heavy atom. The van der Waals surface area contributed by atoms with Crippen LogP contribution in [0.15, 0.2) is 22.6 Å². The first-order valence-electron chi connectivity index (χ1n) is 11.3. The number of aliphatic hydroxyl groups is 1. The molecule has 0 bridgehead atoms. The lowest BCUT2D eigenvalue weighted by atomic mass is 9.71. The molecule has 2 aromatic heterocycles. The van der Waals surface area contributed by atoms with Crippen LogP contribution in [0.2, 0.25) is 0 Å². The smallest absolute Gasteiger partial charge is 0.315 e. The molecule has 0 spiro atoms. The molecule has 1 aromatic carbocycles. The third kappa shape index (κ3) is 4.64. The number of halogens is 2. The minimum atomic E-state index is -2.72. The van der Waals surface area contributed by atoms with Crippen molar-refractivity contribution < 1.29 is 18.3 Å². The average Bonchev–Trinajstić information content (AvgIpc) is 3.18. The lowest BCUT2D eigenvalue weighted by molar-refractivity contribution is -0.165. The van der Waals surface area contributed by atoms with E-state index in [0.29, 0.717) is 12.2 Å². The standard InChI is InChI=1S/C24H31F2N5O2/c1-6-27-15-8-16-13(2)7-18(29-19(16)17(9-15)23(3,4)5)20-30-31-22(33-20)28-12-14-10-24(32,11-14)21(25)26/h7-9,14,21,27,32H,6,10-12H2,1-5H3,(H,28,31). The predicted octanol–water partition coefficient (Wildman–Crippen LogP) is 5.14. The zero-order chi connectivity index (χ0) is 24.0.